The fourth-order valence-electron chi connectivity index (χ4n) is 1.56. The Hall–Kier alpha value is -2.34. The highest BCUT2D eigenvalue weighted by Gasteiger charge is 2.20. The number of ether oxygens (including phenoxy) is 1. The van der Waals surface area contributed by atoms with Gasteiger partial charge in [-0.15, -0.1) is 0 Å². The molecule has 0 amide bonds. The molecule has 7 heteroatoms. The Kier molecular flexibility index (Phi) is 5.92. The van der Waals surface area contributed by atoms with Gasteiger partial charge >= 0.3 is 5.97 Å². The third-order valence-electron chi connectivity index (χ3n) is 2.68. The van der Waals surface area contributed by atoms with E-state index in [1.807, 2.05) is 0 Å². The van der Waals surface area contributed by atoms with E-state index >= 15 is 0 Å². The van der Waals surface area contributed by atoms with Gasteiger partial charge in [0.15, 0.2) is 6.61 Å². The van der Waals surface area contributed by atoms with Gasteiger partial charge in [-0.1, -0.05) is 30.7 Å². The number of nitrogens with two attached hydrogens (primary N) is 2. The number of benzene rings is 1. The van der Waals surface area contributed by atoms with E-state index in [2.05, 4.69) is 0 Å². The second-order valence-corrected chi connectivity index (χ2v) is 4.55. The maximum Gasteiger partial charge on any atom is 0.344 e. The summed E-state index contributed by atoms with van der Waals surface area (Å²) in [5.41, 5.74) is 11.1. The Bertz CT molecular complexity index is 611. The highest BCUT2D eigenvalue weighted by atomic mass is 35.5. The number of amidine groups is 1. The Morgan fingerprint density at radius 1 is 1.29 bits per heavy atom. The van der Waals surface area contributed by atoms with Gasteiger partial charge in [-0.2, -0.15) is 0 Å². The van der Waals surface area contributed by atoms with Crippen molar-refractivity contribution in [1.29, 1.82) is 5.41 Å². The minimum atomic E-state index is -0.901. The van der Waals surface area contributed by atoms with E-state index in [1.165, 1.54) is 6.07 Å². The molecule has 21 heavy (non-hydrogen) atoms. The van der Waals surface area contributed by atoms with Crippen LogP contribution < -0.4 is 11.5 Å². The first-order chi connectivity index (χ1) is 9.88. The lowest BCUT2D eigenvalue weighted by atomic mass is 10.1. The standard InChI is InChI=1S/C14H16ClN3O3/c1-2-10(16)12(13(17)18)14(20)21-7-11(19)8-5-3-4-6-9(8)15/h3-6H,2,7,16H2,1H3,(H3,17,18). The fourth-order valence-corrected chi connectivity index (χ4v) is 1.80. The summed E-state index contributed by atoms with van der Waals surface area (Å²) in [7, 11) is 0. The van der Waals surface area contributed by atoms with Crippen LogP contribution in [0.4, 0.5) is 0 Å². The van der Waals surface area contributed by atoms with Crippen LogP contribution in [0.2, 0.25) is 5.02 Å². The maximum atomic E-state index is 11.9. The Morgan fingerprint density at radius 3 is 2.43 bits per heavy atom. The van der Waals surface area contributed by atoms with Gasteiger partial charge in [0.05, 0.1) is 5.02 Å². The zero-order valence-corrected chi connectivity index (χ0v) is 12.2. The van der Waals surface area contributed by atoms with Crippen LogP contribution in [0.15, 0.2) is 35.5 Å². The Morgan fingerprint density at radius 2 is 1.90 bits per heavy atom. The van der Waals surface area contributed by atoms with Gasteiger partial charge in [-0.05, 0) is 18.6 Å². The van der Waals surface area contributed by atoms with Crippen molar-refractivity contribution in [1.82, 2.24) is 0 Å². The number of hydrogen-bond donors (Lipinski definition) is 3. The van der Waals surface area contributed by atoms with Crippen LogP contribution in [0.1, 0.15) is 23.7 Å². The molecule has 112 valence electrons. The first-order valence-corrected chi connectivity index (χ1v) is 6.54. The van der Waals surface area contributed by atoms with Crippen molar-refractivity contribution in [3.63, 3.8) is 0 Å². The maximum absolute atomic E-state index is 11.9. The van der Waals surface area contributed by atoms with Crippen LogP contribution >= 0.6 is 11.6 Å². The number of carbonyl (C=O) groups excluding carboxylic acids is 2. The summed E-state index contributed by atoms with van der Waals surface area (Å²) in [4.78, 5) is 23.7. The second-order valence-electron chi connectivity index (χ2n) is 4.15. The van der Waals surface area contributed by atoms with Gasteiger partial charge in [0, 0.05) is 11.3 Å². The molecule has 0 heterocycles. The van der Waals surface area contributed by atoms with Gasteiger partial charge in [0.1, 0.15) is 11.4 Å². The van der Waals surface area contributed by atoms with Gasteiger partial charge < -0.3 is 16.2 Å². The molecule has 1 rings (SSSR count). The summed E-state index contributed by atoms with van der Waals surface area (Å²) in [5, 5.41) is 7.60. The zero-order chi connectivity index (χ0) is 16.0. The molecule has 0 aromatic heterocycles. The number of halogens is 1. The third-order valence-corrected chi connectivity index (χ3v) is 3.01. The first-order valence-electron chi connectivity index (χ1n) is 6.16. The summed E-state index contributed by atoms with van der Waals surface area (Å²) >= 11 is 5.88. The number of carbonyl (C=O) groups is 2. The Labute approximate surface area is 127 Å². The van der Waals surface area contributed by atoms with Gasteiger partial charge in [-0.25, -0.2) is 4.79 Å². The van der Waals surface area contributed by atoms with Crippen molar-refractivity contribution >= 4 is 29.2 Å². The first kappa shape index (κ1) is 16.7. The average molecular weight is 310 g/mol. The number of Topliss-reactive ketones (excluding diaryl/α,β-unsaturated/α-hetero) is 1. The largest absolute Gasteiger partial charge is 0.454 e. The predicted octanol–water partition coefficient (Wildman–Crippen LogP) is 1.62. The van der Waals surface area contributed by atoms with E-state index in [1.54, 1.807) is 25.1 Å². The Balaban J connectivity index is 2.79. The molecular formula is C14H16ClN3O3. The summed E-state index contributed by atoms with van der Waals surface area (Å²) in [6, 6.07) is 6.42. The predicted molar refractivity (Wildman–Crippen MR) is 80.2 cm³/mol. The van der Waals surface area contributed by atoms with E-state index in [4.69, 9.17) is 33.2 Å². The van der Waals surface area contributed by atoms with Crippen LogP contribution in [0, 0.1) is 5.41 Å². The number of hydrogen-bond acceptors (Lipinski definition) is 5. The topological polar surface area (TPSA) is 119 Å². The number of ketones is 1. The minimum Gasteiger partial charge on any atom is -0.454 e. The van der Waals surface area contributed by atoms with Crippen molar-refractivity contribution in [2.24, 2.45) is 11.5 Å². The van der Waals surface area contributed by atoms with Crippen molar-refractivity contribution in [2.45, 2.75) is 13.3 Å². The van der Waals surface area contributed by atoms with Crippen LogP contribution in [-0.2, 0) is 9.53 Å². The molecule has 0 aliphatic heterocycles. The van der Waals surface area contributed by atoms with E-state index in [-0.39, 0.29) is 21.9 Å². The van der Waals surface area contributed by atoms with E-state index < -0.39 is 24.2 Å². The average Bonchev–Trinajstić information content (AvgIpc) is 2.44. The molecule has 0 aliphatic rings. The van der Waals surface area contributed by atoms with Crippen LogP contribution in [0.25, 0.3) is 0 Å². The van der Waals surface area contributed by atoms with Crippen LogP contribution in [0.5, 0.6) is 0 Å². The molecule has 5 N–H and O–H groups in total. The molecule has 0 saturated heterocycles. The zero-order valence-electron chi connectivity index (χ0n) is 11.5. The molecule has 0 bridgehead atoms. The fraction of sp³-hybridized carbons (Fsp3) is 0.214. The lowest BCUT2D eigenvalue weighted by Crippen LogP contribution is -2.27. The third kappa shape index (κ3) is 4.32. The molecule has 0 unspecified atom stereocenters. The number of rotatable bonds is 6. The van der Waals surface area contributed by atoms with Crippen molar-refractivity contribution < 1.29 is 14.3 Å². The summed E-state index contributed by atoms with van der Waals surface area (Å²) in [6.45, 7) is 1.21. The highest BCUT2D eigenvalue weighted by Crippen LogP contribution is 2.16. The van der Waals surface area contributed by atoms with Gasteiger partial charge in [-0.3, -0.25) is 10.2 Å². The summed E-state index contributed by atoms with van der Waals surface area (Å²) in [6.07, 6.45) is 0.336. The summed E-state index contributed by atoms with van der Waals surface area (Å²) < 4.78 is 4.85. The highest BCUT2D eigenvalue weighted by molar-refractivity contribution is 6.34. The van der Waals surface area contributed by atoms with Crippen molar-refractivity contribution in [3.05, 3.63) is 46.1 Å². The monoisotopic (exact) mass is 309 g/mol. The smallest absolute Gasteiger partial charge is 0.344 e. The molecule has 6 nitrogen and oxygen atoms in total. The minimum absolute atomic E-state index is 0.137. The lowest BCUT2D eigenvalue weighted by Gasteiger charge is -2.09. The number of allylic oxidation sites excluding steroid dienone is 1. The molecule has 0 aliphatic carbocycles. The van der Waals surface area contributed by atoms with Crippen molar-refractivity contribution in [3.8, 4) is 0 Å². The number of esters is 1. The lowest BCUT2D eigenvalue weighted by molar-refractivity contribution is -0.137. The van der Waals surface area contributed by atoms with E-state index in [0.29, 0.717) is 6.42 Å². The van der Waals surface area contributed by atoms with Gasteiger partial charge in [0.25, 0.3) is 0 Å². The van der Waals surface area contributed by atoms with Crippen LogP contribution in [0.3, 0.4) is 0 Å². The molecule has 1 aromatic rings. The summed E-state index contributed by atoms with van der Waals surface area (Å²) in [5.74, 6) is -1.85. The normalized spacial score (nSPS) is 11.5. The van der Waals surface area contributed by atoms with E-state index in [9.17, 15) is 9.59 Å². The SMILES string of the molecule is CCC(N)=C(C(=N)N)C(=O)OCC(=O)c1ccccc1Cl. The molecule has 0 radical (unpaired) electrons. The molecule has 0 fully saturated rings. The molecule has 1 aromatic carbocycles. The molecular weight excluding hydrogens is 294 g/mol. The van der Waals surface area contributed by atoms with Gasteiger partial charge in [0.2, 0.25) is 5.78 Å². The second kappa shape index (κ2) is 7.44. The quantitative estimate of drug-likeness (QED) is 0.242. The van der Waals surface area contributed by atoms with Crippen molar-refractivity contribution in [2.75, 3.05) is 6.61 Å². The molecule has 0 atom stereocenters. The van der Waals surface area contributed by atoms with Crippen LogP contribution in [-0.4, -0.2) is 24.2 Å². The molecule has 0 spiro atoms. The molecule has 0 saturated carbocycles. The number of nitrogens with one attached hydrogen (secondary N) is 1. The van der Waals surface area contributed by atoms with E-state index in [0.717, 1.165) is 0 Å².